The van der Waals surface area contributed by atoms with Crippen molar-refractivity contribution < 1.29 is 9.84 Å². The van der Waals surface area contributed by atoms with Crippen molar-refractivity contribution in [1.82, 2.24) is 0 Å². The molecule has 1 saturated carbocycles. The van der Waals surface area contributed by atoms with Gasteiger partial charge in [-0.15, -0.1) is 0 Å². The lowest BCUT2D eigenvalue weighted by atomic mass is 9.78. The SMILES string of the molecule is OC(CCC1CCCC1)C1CCOC2(CCSCC2)C1. The van der Waals surface area contributed by atoms with E-state index in [2.05, 4.69) is 11.8 Å². The van der Waals surface area contributed by atoms with E-state index in [1.165, 1.54) is 56.5 Å². The van der Waals surface area contributed by atoms with Crippen molar-refractivity contribution in [3.8, 4) is 0 Å². The molecule has 3 fully saturated rings. The fourth-order valence-electron chi connectivity index (χ4n) is 4.43. The Labute approximate surface area is 128 Å². The van der Waals surface area contributed by atoms with E-state index in [1.54, 1.807) is 0 Å². The van der Waals surface area contributed by atoms with Gasteiger partial charge in [0.15, 0.2) is 0 Å². The average molecular weight is 298 g/mol. The minimum atomic E-state index is -0.0778. The highest BCUT2D eigenvalue weighted by Crippen LogP contribution is 2.41. The van der Waals surface area contributed by atoms with Crippen molar-refractivity contribution in [2.45, 2.75) is 75.9 Å². The zero-order valence-corrected chi connectivity index (χ0v) is 13.5. The highest BCUT2D eigenvalue weighted by atomic mass is 32.2. The molecule has 20 heavy (non-hydrogen) atoms. The van der Waals surface area contributed by atoms with Gasteiger partial charge in [0, 0.05) is 6.61 Å². The Kier molecular flexibility index (Phi) is 5.33. The molecule has 0 aromatic carbocycles. The minimum Gasteiger partial charge on any atom is -0.393 e. The number of hydrogen-bond donors (Lipinski definition) is 1. The van der Waals surface area contributed by atoms with Gasteiger partial charge in [0.05, 0.1) is 11.7 Å². The molecule has 0 amide bonds. The van der Waals surface area contributed by atoms with Gasteiger partial charge in [-0.1, -0.05) is 25.7 Å². The zero-order valence-electron chi connectivity index (χ0n) is 12.7. The molecule has 2 saturated heterocycles. The molecule has 1 N–H and O–H groups in total. The van der Waals surface area contributed by atoms with Gasteiger partial charge in [0.25, 0.3) is 0 Å². The van der Waals surface area contributed by atoms with Crippen molar-refractivity contribution >= 4 is 11.8 Å². The summed E-state index contributed by atoms with van der Waals surface area (Å²) in [4.78, 5) is 0. The van der Waals surface area contributed by atoms with Gasteiger partial charge in [-0.05, 0) is 61.9 Å². The van der Waals surface area contributed by atoms with E-state index in [-0.39, 0.29) is 11.7 Å². The summed E-state index contributed by atoms with van der Waals surface area (Å²) in [5.74, 6) is 3.88. The molecular formula is C17H30O2S. The van der Waals surface area contributed by atoms with Crippen LogP contribution in [0.1, 0.15) is 64.2 Å². The molecule has 2 heterocycles. The molecule has 2 nitrogen and oxygen atoms in total. The van der Waals surface area contributed by atoms with Gasteiger partial charge in [0.2, 0.25) is 0 Å². The van der Waals surface area contributed by atoms with Crippen molar-refractivity contribution in [1.29, 1.82) is 0 Å². The Hall–Kier alpha value is 0.270. The van der Waals surface area contributed by atoms with E-state index in [0.717, 1.165) is 31.8 Å². The summed E-state index contributed by atoms with van der Waals surface area (Å²) in [6.45, 7) is 0.871. The molecule has 2 aliphatic heterocycles. The lowest BCUT2D eigenvalue weighted by Gasteiger charge is -2.44. The fourth-order valence-corrected chi connectivity index (χ4v) is 5.66. The van der Waals surface area contributed by atoms with Crippen LogP contribution in [-0.2, 0) is 4.74 Å². The van der Waals surface area contributed by atoms with Gasteiger partial charge < -0.3 is 9.84 Å². The number of rotatable bonds is 4. The van der Waals surface area contributed by atoms with Gasteiger partial charge in [-0.2, -0.15) is 11.8 Å². The summed E-state index contributed by atoms with van der Waals surface area (Å²) in [5.41, 5.74) is 0.127. The third-order valence-corrected chi connectivity index (χ3v) is 6.81. The van der Waals surface area contributed by atoms with Crippen molar-refractivity contribution in [2.75, 3.05) is 18.1 Å². The number of aliphatic hydroxyl groups is 1. The molecule has 3 rings (SSSR count). The number of aliphatic hydroxyl groups excluding tert-OH is 1. The summed E-state index contributed by atoms with van der Waals surface area (Å²) >= 11 is 2.06. The van der Waals surface area contributed by atoms with Gasteiger partial charge >= 0.3 is 0 Å². The lowest BCUT2D eigenvalue weighted by Crippen LogP contribution is -2.45. The van der Waals surface area contributed by atoms with Crippen LogP contribution in [0.2, 0.25) is 0 Å². The maximum atomic E-state index is 10.6. The van der Waals surface area contributed by atoms with Crippen LogP contribution in [0.4, 0.5) is 0 Å². The molecule has 2 atom stereocenters. The summed E-state index contributed by atoms with van der Waals surface area (Å²) in [6, 6.07) is 0. The largest absolute Gasteiger partial charge is 0.393 e. The molecule has 3 aliphatic rings. The predicted octanol–water partition coefficient (Wildman–Crippen LogP) is 4.01. The molecule has 0 aromatic heterocycles. The Balaban J connectivity index is 1.47. The van der Waals surface area contributed by atoms with Crippen molar-refractivity contribution in [2.24, 2.45) is 11.8 Å². The Bertz CT molecular complexity index is 290. The third kappa shape index (κ3) is 3.72. The smallest absolute Gasteiger partial charge is 0.0701 e. The van der Waals surface area contributed by atoms with E-state index < -0.39 is 0 Å². The van der Waals surface area contributed by atoms with Crippen LogP contribution in [0, 0.1) is 11.8 Å². The lowest BCUT2D eigenvalue weighted by molar-refractivity contribution is -0.121. The molecule has 3 heteroatoms. The summed E-state index contributed by atoms with van der Waals surface area (Å²) in [7, 11) is 0. The van der Waals surface area contributed by atoms with Crippen LogP contribution < -0.4 is 0 Å². The van der Waals surface area contributed by atoms with Gasteiger partial charge in [0.1, 0.15) is 0 Å². The zero-order chi connectivity index (χ0) is 13.8. The molecule has 0 aromatic rings. The number of thioether (sulfide) groups is 1. The summed E-state index contributed by atoms with van der Waals surface area (Å²) in [5, 5.41) is 10.6. The van der Waals surface area contributed by atoms with E-state index >= 15 is 0 Å². The van der Waals surface area contributed by atoms with Crippen LogP contribution in [-0.4, -0.2) is 34.9 Å². The van der Waals surface area contributed by atoms with E-state index in [1.807, 2.05) is 0 Å². The van der Waals surface area contributed by atoms with Crippen LogP contribution in [0.5, 0.6) is 0 Å². The first-order valence-electron chi connectivity index (χ1n) is 8.67. The van der Waals surface area contributed by atoms with Crippen LogP contribution >= 0.6 is 11.8 Å². The molecule has 0 radical (unpaired) electrons. The summed E-state index contributed by atoms with van der Waals surface area (Å²) < 4.78 is 6.14. The molecule has 1 aliphatic carbocycles. The quantitative estimate of drug-likeness (QED) is 0.850. The minimum absolute atomic E-state index is 0.0778. The highest BCUT2D eigenvalue weighted by Gasteiger charge is 2.40. The van der Waals surface area contributed by atoms with Crippen LogP contribution in [0.15, 0.2) is 0 Å². The van der Waals surface area contributed by atoms with Crippen molar-refractivity contribution in [3.05, 3.63) is 0 Å². The fraction of sp³-hybridized carbons (Fsp3) is 1.00. The average Bonchev–Trinajstić information content (AvgIpc) is 2.99. The van der Waals surface area contributed by atoms with Gasteiger partial charge in [-0.25, -0.2) is 0 Å². The van der Waals surface area contributed by atoms with E-state index in [0.29, 0.717) is 5.92 Å². The second-order valence-electron chi connectivity index (χ2n) is 7.19. The van der Waals surface area contributed by atoms with Crippen molar-refractivity contribution in [3.63, 3.8) is 0 Å². The molecule has 116 valence electrons. The summed E-state index contributed by atoms with van der Waals surface area (Å²) in [6.07, 6.45) is 12.4. The second kappa shape index (κ2) is 7.02. The van der Waals surface area contributed by atoms with E-state index in [4.69, 9.17) is 4.74 Å². The van der Waals surface area contributed by atoms with E-state index in [9.17, 15) is 5.11 Å². The number of ether oxygens (including phenoxy) is 1. The normalized spacial score (nSPS) is 32.5. The maximum Gasteiger partial charge on any atom is 0.0701 e. The Morgan fingerprint density at radius 3 is 2.65 bits per heavy atom. The second-order valence-corrected chi connectivity index (χ2v) is 8.42. The molecular weight excluding hydrogens is 268 g/mol. The Morgan fingerprint density at radius 2 is 1.90 bits per heavy atom. The Morgan fingerprint density at radius 1 is 1.15 bits per heavy atom. The first kappa shape index (κ1) is 15.2. The third-order valence-electron chi connectivity index (χ3n) is 5.82. The highest BCUT2D eigenvalue weighted by molar-refractivity contribution is 7.99. The molecule has 1 spiro atoms. The number of hydrogen-bond acceptors (Lipinski definition) is 3. The molecule has 0 bridgehead atoms. The first-order valence-corrected chi connectivity index (χ1v) is 9.83. The van der Waals surface area contributed by atoms with Crippen LogP contribution in [0.25, 0.3) is 0 Å². The van der Waals surface area contributed by atoms with Crippen LogP contribution in [0.3, 0.4) is 0 Å². The molecule has 2 unspecified atom stereocenters. The topological polar surface area (TPSA) is 29.5 Å². The maximum absolute atomic E-state index is 10.6. The van der Waals surface area contributed by atoms with Gasteiger partial charge in [-0.3, -0.25) is 0 Å². The monoisotopic (exact) mass is 298 g/mol. The first-order chi connectivity index (χ1) is 9.77. The standard InChI is InChI=1S/C17H30O2S/c18-16(6-5-14-3-1-2-4-14)15-7-10-19-17(13-15)8-11-20-12-9-17/h14-16,18H,1-13H2. The predicted molar refractivity (Wildman–Crippen MR) is 85.2 cm³/mol.